The van der Waals surface area contributed by atoms with Crippen molar-refractivity contribution in [1.29, 1.82) is 0 Å². The molecule has 0 heterocycles. The second-order valence-electron chi connectivity index (χ2n) is 10.6. The molecule has 0 bridgehead atoms. The van der Waals surface area contributed by atoms with Crippen molar-refractivity contribution in [2.45, 2.75) is 82.8 Å². The third-order valence-electron chi connectivity index (χ3n) is 7.92. The molecule has 1 aromatic carbocycles. The Bertz CT molecular complexity index is 962. The average molecular weight is 507 g/mol. The molecule has 3 aliphatic carbocycles. The lowest BCUT2D eigenvalue weighted by atomic mass is 9.83. The van der Waals surface area contributed by atoms with Crippen molar-refractivity contribution in [2.24, 2.45) is 17.8 Å². The van der Waals surface area contributed by atoms with Crippen LogP contribution in [-0.4, -0.2) is 34.3 Å². The molecule has 1 aromatic rings. The van der Waals surface area contributed by atoms with Gasteiger partial charge in [-0.15, -0.1) is 0 Å². The zero-order valence-electron chi connectivity index (χ0n) is 20.6. The molecule has 0 radical (unpaired) electrons. The first-order valence-corrected chi connectivity index (χ1v) is 13.1. The van der Waals surface area contributed by atoms with Crippen molar-refractivity contribution in [3.63, 3.8) is 0 Å². The predicted octanol–water partition coefficient (Wildman–Crippen LogP) is 6.94. The zero-order valence-corrected chi connectivity index (χ0v) is 20.6. The Morgan fingerprint density at radius 3 is 2.50 bits per heavy atom. The number of benzene rings is 1. The number of aliphatic hydroxyl groups excluding tert-OH is 2. The maximum atomic E-state index is 12.7. The Hall–Kier alpha value is -2.09. The third-order valence-corrected chi connectivity index (χ3v) is 7.92. The molecule has 4 nitrogen and oxygen atoms in total. The normalized spacial score (nSPS) is 28.1. The van der Waals surface area contributed by atoms with Crippen LogP contribution in [0.5, 0.6) is 0 Å². The van der Waals surface area contributed by atoms with Crippen LogP contribution in [0.2, 0.25) is 0 Å². The van der Waals surface area contributed by atoms with E-state index >= 15 is 0 Å². The van der Waals surface area contributed by atoms with Crippen LogP contribution < -0.4 is 0 Å². The lowest BCUT2D eigenvalue weighted by Gasteiger charge is -2.28. The average Bonchev–Trinajstić information content (AvgIpc) is 3.63. The molecule has 0 aliphatic heterocycles. The van der Waals surface area contributed by atoms with E-state index in [0.717, 1.165) is 50.2 Å². The van der Waals surface area contributed by atoms with Gasteiger partial charge in [-0.3, -0.25) is 0 Å². The monoisotopic (exact) mass is 506 g/mol. The van der Waals surface area contributed by atoms with E-state index in [1.807, 2.05) is 6.08 Å². The minimum absolute atomic E-state index is 0.00223. The highest BCUT2D eigenvalue weighted by Crippen LogP contribution is 2.44. The van der Waals surface area contributed by atoms with Crippen molar-refractivity contribution in [2.75, 3.05) is 6.61 Å². The number of ether oxygens (including phenoxy) is 1. The number of rotatable bonds is 9. The molecule has 3 N–H and O–H groups in total. The van der Waals surface area contributed by atoms with Crippen LogP contribution in [0.15, 0.2) is 53.6 Å². The van der Waals surface area contributed by atoms with E-state index < -0.39 is 18.0 Å². The predicted molar refractivity (Wildman–Crippen MR) is 133 cm³/mol. The zero-order chi connectivity index (χ0) is 25.7. The van der Waals surface area contributed by atoms with Gasteiger partial charge in [0.2, 0.25) is 0 Å². The summed E-state index contributed by atoms with van der Waals surface area (Å²) < 4.78 is 43.7. The summed E-state index contributed by atoms with van der Waals surface area (Å²) in [5.74, 6) is 1.93. The molecule has 2 fully saturated rings. The molecular weight excluding hydrogens is 469 g/mol. The molecular formula is C29H37F3O4. The first-order valence-electron chi connectivity index (χ1n) is 13.1. The van der Waals surface area contributed by atoms with Gasteiger partial charge in [-0.1, -0.05) is 48.3 Å². The number of aliphatic hydroxyl groups is 3. The summed E-state index contributed by atoms with van der Waals surface area (Å²) in [4.78, 5) is 0. The van der Waals surface area contributed by atoms with Crippen LogP contribution in [0.25, 0.3) is 5.76 Å². The molecule has 36 heavy (non-hydrogen) atoms. The molecule has 198 valence electrons. The number of hydrogen-bond acceptors (Lipinski definition) is 4. The van der Waals surface area contributed by atoms with Gasteiger partial charge in [0.25, 0.3) is 0 Å². The van der Waals surface area contributed by atoms with E-state index in [0.29, 0.717) is 17.4 Å². The molecule has 7 heteroatoms. The maximum Gasteiger partial charge on any atom is 0.416 e. The lowest BCUT2D eigenvalue weighted by molar-refractivity contribution is -0.137. The molecule has 0 saturated heterocycles. The van der Waals surface area contributed by atoms with E-state index in [1.54, 1.807) is 6.08 Å². The quantitative estimate of drug-likeness (QED) is 0.193. The number of fused-ring (bicyclic) bond motifs is 1. The Morgan fingerprint density at radius 1 is 1.03 bits per heavy atom. The highest BCUT2D eigenvalue weighted by molar-refractivity contribution is 5.61. The van der Waals surface area contributed by atoms with Crippen molar-refractivity contribution in [3.05, 3.63) is 64.8 Å². The van der Waals surface area contributed by atoms with Crippen molar-refractivity contribution in [1.82, 2.24) is 0 Å². The number of hydrogen-bond donors (Lipinski definition) is 3. The molecule has 4 unspecified atom stereocenters. The van der Waals surface area contributed by atoms with Crippen molar-refractivity contribution < 1.29 is 33.2 Å². The minimum atomic E-state index is -4.38. The molecule has 0 amide bonds. The topological polar surface area (TPSA) is 69.9 Å². The number of alkyl halides is 3. The van der Waals surface area contributed by atoms with Gasteiger partial charge in [0.05, 0.1) is 18.3 Å². The van der Waals surface area contributed by atoms with Crippen molar-refractivity contribution >= 4 is 5.76 Å². The summed E-state index contributed by atoms with van der Waals surface area (Å²) in [6.45, 7) is -0.0379. The van der Waals surface area contributed by atoms with Gasteiger partial charge in [-0.25, -0.2) is 0 Å². The Kier molecular flexibility index (Phi) is 8.96. The second kappa shape index (κ2) is 12.0. The fourth-order valence-corrected chi connectivity index (χ4v) is 5.69. The van der Waals surface area contributed by atoms with Crippen LogP contribution in [-0.2, 0) is 10.9 Å². The maximum absolute atomic E-state index is 12.7. The van der Waals surface area contributed by atoms with Crippen molar-refractivity contribution in [3.8, 4) is 0 Å². The fourth-order valence-electron chi connectivity index (χ4n) is 5.69. The molecule has 2 saturated carbocycles. The van der Waals surface area contributed by atoms with E-state index in [4.69, 9.17) is 14.9 Å². The highest BCUT2D eigenvalue weighted by atomic mass is 19.4. The third kappa shape index (κ3) is 7.70. The van der Waals surface area contributed by atoms with Gasteiger partial charge in [0, 0.05) is 5.56 Å². The summed E-state index contributed by atoms with van der Waals surface area (Å²) in [6.07, 6.45) is 11.4. The van der Waals surface area contributed by atoms with Gasteiger partial charge >= 0.3 is 6.18 Å². The minimum Gasteiger partial charge on any atom is -0.507 e. The number of allylic oxidation sites excluding steroid dienone is 4. The molecule has 0 spiro atoms. The summed E-state index contributed by atoms with van der Waals surface area (Å²) in [5, 5.41) is 28.3. The SMILES string of the molecule is O/C(=C\C=C1/CC1CCCC1CCC2=CC(OCC(O)O)CCC2CC1)c1ccc(C(F)(F)F)cc1. The summed E-state index contributed by atoms with van der Waals surface area (Å²) >= 11 is 0. The fraction of sp³-hybridized carbons (Fsp3) is 0.586. The Balaban J connectivity index is 1.18. The summed E-state index contributed by atoms with van der Waals surface area (Å²) in [5.41, 5.74) is 2.45. The molecule has 3 aliphatic rings. The Labute approximate surface area is 211 Å². The summed E-state index contributed by atoms with van der Waals surface area (Å²) in [7, 11) is 0. The smallest absolute Gasteiger partial charge is 0.416 e. The van der Waals surface area contributed by atoms with E-state index in [1.165, 1.54) is 55.4 Å². The van der Waals surface area contributed by atoms with Gasteiger partial charge in [0.1, 0.15) is 5.76 Å². The van der Waals surface area contributed by atoms with Crippen LogP contribution >= 0.6 is 0 Å². The van der Waals surface area contributed by atoms with E-state index in [9.17, 15) is 18.3 Å². The first-order chi connectivity index (χ1) is 17.2. The summed E-state index contributed by atoms with van der Waals surface area (Å²) in [6, 6.07) is 4.56. The van der Waals surface area contributed by atoms with Crippen LogP contribution in [0, 0.1) is 17.8 Å². The van der Waals surface area contributed by atoms with E-state index in [-0.39, 0.29) is 18.5 Å². The van der Waals surface area contributed by atoms with Gasteiger partial charge < -0.3 is 20.1 Å². The largest absolute Gasteiger partial charge is 0.507 e. The highest BCUT2D eigenvalue weighted by Gasteiger charge is 2.31. The van der Waals surface area contributed by atoms with Crippen LogP contribution in [0.3, 0.4) is 0 Å². The molecule has 4 rings (SSSR count). The molecule has 4 atom stereocenters. The standard InChI is InChI=1S/C29H37F3O4/c30-29(31,32)25-12-8-21(9-13-25)27(33)15-11-23-16-22(23)3-1-2-19-4-6-20-10-14-26(36-18-28(34)35)17-24(20)7-5-19/h8-9,11-13,15,17,19-20,22,26,28,33-35H,1-7,10,14,16,18H2/b23-11+,27-15-. The second-order valence-corrected chi connectivity index (χ2v) is 10.6. The van der Waals surface area contributed by atoms with Gasteiger partial charge in [-0.05, 0) is 87.3 Å². The first kappa shape index (κ1) is 27.0. The van der Waals surface area contributed by atoms with E-state index in [2.05, 4.69) is 6.08 Å². The lowest BCUT2D eigenvalue weighted by Crippen LogP contribution is -2.24. The van der Waals surface area contributed by atoms with Gasteiger partial charge in [0.15, 0.2) is 6.29 Å². The Morgan fingerprint density at radius 2 is 1.78 bits per heavy atom. The molecule has 0 aromatic heterocycles. The number of halogens is 3. The van der Waals surface area contributed by atoms with Gasteiger partial charge in [-0.2, -0.15) is 13.2 Å². The van der Waals surface area contributed by atoms with Crippen LogP contribution in [0.4, 0.5) is 13.2 Å². The van der Waals surface area contributed by atoms with Crippen LogP contribution in [0.1, 0.15) is 75.3 Å².